The number of fused-ring (bicyclic) bond motifs is 1. The first-order valence-electron chi connectivity index (χ1n) is 5.50. The monoisotopic (exact) mass is 298 g/mol. The molecule has 0 saturated carbocycles. The van der Waals surface area contributed by atoms with Crippen LogP contribution in [0.2, 0.25) is 0 Å². The van der Waals surface area contributed by atoms with E-state index in [0.717, 1.165) is 17.4 Å². The second-order valence-electron chi connectivity index (χ2n) is 4.01. The number of aromatic nitrogens is 1. The second-order valence-corrected chi connectivity index (χ2v) is 5.04. The molecule has 20 heavy (non-hydrogen) atoms. The number of benzene rings is 2. The Labute approximate surface area is 114 Å². The third kappa shape index (κ3) is 2.32. The summed E-state index contributed by atoms with van der Waals surface area (Å²) in [5, 5.41) is 2.71. The van der Waals surface area contributed by atoms with E-state index in [9.17, 15) is 17.6 Å². The fourth-order valence-corrected chi connectivity index (χ4v) is 2.57. The molecule has 7 heteroatoms. The minimum absolute atomic E-state index is 0.217. The van der Waals surface area contributed by atoms with Gasteiger partial charge < -0.3 is 5.32 Å². The molecule has 0 radical (unpaired) electrons. The van der Waals surface area contributed by atoms with Gasteiger partial charge in [-0.1, -0.05) is 11.3 Å². The lowest BCUT2D eigenvalue weighted by Gasteiger charge is -2.04. The van der Waals surface area contributed by atoms with Gasteiger partial charge in [-0.15, -0.1) is 0 Å². The summed E-state index contributed by atoms with van der Waals surface area (Å²) < 4.78 is 53.3. The molecule has 0 fully saturated rings. The lowest BCUT2D eigenvalue weighted by molar-refractivity contribution is 0.498. The van der Waals surface area contributed by atoms with Crippen LogP contribution in [0.25, 0.3) is 10.2 Å². The largest absolute Gasteiger partial charge is 0.329 e. The lowest BCUT2D eigenvalue weighted by Crippen LogP contribution is -1.97. The van der Waals surface area contributed by atoms with Crippen LogP contribution in [0, 0.1) is 23.3 Å². The Hall–Kier alpha value is -2.15. The molecule has 1 N–H and O–H groups in total. The van der Waals surface area contributed by atoms with Gasteiger partial charge in [0.2, 0.25) is 0 Å². The minimum atomic E-state index is -1.29. The fraction of sp³-hybridized carbons (Fsp3) is 0. The van der Waals surface area contributed by atoms with E-state index in [4.69, 9.17) is 0 Å². The van der Waals surface area contributed by atoms with Crippen molar-refractivity contribution in [3.8, 4) is 0 Å². The number of halogens is 4. The molecule has 0 saturated heterocycles. The first-order chi connectivity index (χ1) is 9.52. The van der Waals surface area contributed by atoms with Gasteiger partial charge in [0.1, 0.15) is 11.6 Å². The summed E-state index contributed by atoms with van der Waals surface area (Å²) >= 11 is 1.12. The normalized spacial score (nSPS) is 11.0. The summed E-state index contributed by atoms with van der Waals surface area (Å²) in [7, 11) is 0. The predicted octanol–water partition coefficient (Wildman–Crippen LogP) is 4.60. The summed E-state index contributed by atoms with van der Waals surface area (Å²) in [6, 6.07) is 5.29. The van der Waals surface area contributed by atoms with E-state index in [0.29, 0.717) is 16.3 Å². The minimum Gasteiger partial charge on any atom is -0.329 e. The Morgan fingerprint density at radius 2 is 1.75 bits per heavy atom. The molecule has 0 atom stereocenters. The van der Waals surface area contributed by atoms with Crippen molar-refractivity contribution in [2.24, 2.45) is 0 Å². The summed E-state index contributed by atoms with van der Waals surface area (Å²) in [6.45, 7) is 0. The van der Waals surface area contributed by atoms with Crippen LogP contribution < -0.4 is 5.32 Å². The highest BCUT2D eigenvalue weighted by atomic mass is 32.1. The summed E-state index contributed by atoms with van der Waals surface area (Å²) in [5.74, 6) is -3.84. The summed E-state index contributed by atoms with van der Waals surface area (Å²) in [4.78, 5) is 4.03. The van der Waals surface area contributed by atoms with Crippen LogP contribution >= 0.6 is 11.3 Å². The van der Waals surface area contributed by atoms with Crippen LogP contribution in [-0.2, 0) is 0 Å². The first kappa shape index (κ1) is 12.9. The average molecular weight is 298 g/mol. The quantitative estimate of drug-likeness (QED) is 0.552. The molecule has 3 aromatic rings. The van der Waals surface area contributed by atoms with Crippen molar-refractivity contribution in [1.29, 1.82) is 0 Å². The molecule has 1 aromatic heterocycles. The van der Waals surface area contributed by atoms with Gasteiger partial charge in [0.05, 0.1) is 15.9 Å². The van der Waals surface area contributed by atoms with Crippen molar-refractivity contribution in [2.75, 3.05) is 5.32 Å². The molecule has 0 bridgehead atoms. The van der Waals surface area contributed by atoms with Gasteiger partial charge in [0, 0.05) is 18.2 Å². The average Bonchev–Trinajstić information content (AvgIpc) is 2.76. The zero-order chi connectivity index (χ0) is 14.3. The molecule has 102 valence electrons. The molecule has 0 spiro atoms. The number of thiazole rings is 1. The highest BCUT2D eigenvalue weighted by Crippen LogP contribution is 2.30. The molecule has 0 aliphatic carbocycles. The second kappa shape index (κ2) is 4.75. The molecule has 2 aromatic carbocycles. The van der Waals surface area contributed by atoms with Crippen molar-refractivity contribution in [2.45, 2.75) is 0 Å². The van der Waals surface area contributed by atoms with Crippen LogP contribution in [-0.4, -0.2) is 4.98 Å². The van der Waals surface area contributed by atoms with Crippen molar-refractivity contribution >= 4 is 32.4 Å². The lowest BCUT2D eigenvalue weighted by atomic mass is 10.3. The van der Waals surface area contributed by atoms with Crippen LogP contribution in [0.1, 0.15) is 0 Å². The number of nitrogens with zero attached hydrogens (tertiary/aromatic N) is 1. The first-order valence-corrected chi connectivity index (χ1v) is 6.32. The third-order valence-corrected chi connectivity index (χ3v) is 3.54. The Balaban J connectivity index is 2.01. The summed E-state index contributed by atoms with van der Waals surface area (Å²) in [6.07, 6.45) is 0. The zero-order valence-electron chi connectivity index (χ0n) is 9.75. The van der Waals surface area contributed by atoms with E-state index in [1.54, 1.807) is 0 Å². The Bertz CT molecular complexity index is 800. The highest BCUT2D eigenvalue weighted by molar-refractivity contribution is 7.22. The van der Waals surface area contributed by atoms with E-state index in [-0.39, 0.29) is 10.8 Å². The van der Waals surface area contributed by atoms with E-state index in [2.05, 4.69) is 10.3 Å². The van der Waals surface area contributed by atoms with E-state index in [1.807, 2.05) is 0 Å². The van der Waals surface area contributed by atoms with Gasteiger partial charge in [-0.2, -0.15) is 0 Å². The molecule has 0 aliphatic heterocycles. The zero-order valence-corrected chi connectivity index (χ0v) is 10.6. The molecule has 2 nitrogen and oxygen atoms in total. The number of anilines is 2. The van der Waals surface area contributed by atoms with Gasteiger partial charge in [0.15, 0.2) is 16.8 Å². The number of hydrogen-bond acceptors (Lipinski definition) is 3. The Morgan fingerprint density at radius 3 is 2.55 bits per heavy atom. The van der Waals surface area contributed by atoms with Crippen molar-refractivity contribution in [3.63, 3.8) is 0 Å². The fourth-order valence-electron chi connectivity index (χ4n) is 1.72. The standard InChI is InChI=1S/C13H6F4N2S/c14-6-1-2-11-9(4-6)18-13(20-11)19-10-5-7(15)3-8(16)12(10)17/h1-5H,(H,18,19). The van der Waals surface area contributed by atoms with E-state index in [1.165, 1.54) is 18.2 Å². The van der Waals surface area contributed by atoms with Crippen molar-refractivity contribution in [1.82, 2.24) is 4.98 Å². The van der Waals surface area contributed by atoms with Gasteiger partial charge in [-0.05, 0) is 12.1 Å². The Kier molecular flexibility index (Phi) is 3.06. The Morgan fingerprint density at radius 1 is 0.950 bits per heavy atom. The highest BCUT2D eigenvalue weighted by Gasteiger charge is 2.13. The summed E-state index contributed by atoms with van der Waals surface area (Å²) in [5.41, 5.74) is 0.0248. The van der Waals surface area contributed by atoms with Gasteiger partial charge in [0.25, 0.3) is 0 Å². The maximum Gasteiger partial charge on any atom is 0.188 e. The smallest absolute Gasteiger partial charge is 0.188 e. The van der Waals surface area contributed by atoms with Crippen molar-refractivity contribution in [3.05, 3.63) is 53.6 Å². The molecule has 1 heterocycles. The van der Waals surface area contributed by atoms with Crippen LogP contribution in [0.5, 0.6) is 0 Å². The van der Waals surface area contributed by atoms with E-state index < -0.39 is 23.3 Å². The van der Waals surface area contributed by atoms with Crippen LogP contribution in [0.3, 0.4) is 0 Å². The van der Waals surface area contributed by atoms with Crippen LogP contribution in [0.4, 0.5) is 28.4 Å². The number of rotatable bonds is 2. The van der Waals surface area contributed by atoms with Gasteiger partial charge in [-0.3, -0.25) is 0 Å². The topological polar surface area (TPSA) is 24.9 Å². The number of nitrogens with one attached hydrogen (secondary N) is 1. The molecular formula is C13H6F4N2S. The van der Waals surface area contributed by atoms with E-state index >= 15 is 0 Å². The maximum absolute atomic E-state index is 13.5. The molecule has 0 aliphatic rings. The molecule has 0 amide bonds. The molecule has 3 rings (SSSR count). The van der Waals surface area contributed by atoms with Gasteiger partial charge >= 0.3 is 0 Å². The molecular weight excluding hydrogens is 292 g/mol. The maximum atomic E-state index is 13.5. The third-order valence-electron chi connectivity index (χ3n) is 2.58. The molecule has 0 unspecified atom stereocenters. The van der Waals surface area contributed by atoms with Crippen LogP contribution in [0.15, 0.2) is 30.3 Å². The predicted molar refractivity (Wildman–Crippen MR) is 69.2 cm³/mol. The van der Waals surface area contributed by atoms with Gasteiger partial charge in [-0.25, -0.2) is 22.5 Å². The van der Waals surface area contributed by atoms with Crippen molar-refractivity contribution < 1.29 is 17.6 Å². The SMILES string of the molecule is Fc1cc(F)c(F)c(Nc2nc3cc(F)ccc3s2)c1. The number of hydrogen-bond donors (Lipinski definition) is 1.